The summed E-state index contributed by atoms with van der Waals surface area (Å²) in [4.78, 5) is 64.6. The Hall–Kier alpha value is -4.48. The van der Waals surface area contributed by atoms with Crippen LogP contribution in [0.5, 0.6) is 0 Å². The van der Waals surface area contributed by atoms with Gasteiger partial charge in [0.25, 0.3) is 5.91 Å². The van der Waals surface area contributed by atoms with Crippen LogP contribution in [0.15, 0.2) is 79.9 Å². The van der Waals surface area contributed by atoms with E-state index in [1.807, 2.05) is 61.5 Å². The van der Waals surface area contributed by atoms with E-state index in [1.54, 1.807) is 33.9 Å². The van der Waals surface area contributed by atoms with E-state index in [1.165, 1.54) is 0 Å². The number of amides is 3. The van der Waals surface area contributed by atoms with Crippen molar-refractivity contribution in [3.63, 3.8) is 0 Å². The van der Waals surface area contributed by atoms with Gasteiger partial charge in [-0.2, -0.15) is 0 Å². The number of anilines is 2. The minimum Gasteiger partial charge on any atom is -0.455 e. The Morgan fingerprint density at radius 3 is 2.31 bits per heavy atom. The lowest BCUT2D eigenvalue weighted by Crippen LogP contribution is -2.56. The lowest BCUT2D eigenvalue weighted by molar-refractivity contribution is -0.164. The molecule has 3 aliphatic heterocycles. The van der Waals surface area contributed by atoms with Crippen LogP contribution in [0.2, 0.25) is 0 Å². The summed E-state index contributed by atoms with van der Waals surface area (Å²) in [5, 5.41) is 9.34. The van der Waals surface area contributed by atoms with Crippen molar-refractivity contribution < 1.29 is 33.8 Å². The molecule has 0 aromatic heterocycles. The zero-order valence-electron chi connectivity index (χ0n) is 33.1. The van der Waals surface area contributed by atoms with Gasteiger partial charge in [-0.25, -0.2) is 0 Å². The summed E-state index contributed by atoms with van der Waals surface area (Å²) in [7, 11) is 1.71. The first-order chi connectivity index (χ1) is 26.6. The zero-order chi connectivity index (χ0) is 39.7. The quantitative estimate of drug-likeness (QED) is 0.0926. The Morgan fingerprint density at radius 2 is 1.67 bits per heavy atom. The number of allylic oxidation sites excluding steroid dienone is 1. The Kier molecular flexibility index (Phi) is 14.3. The summed E-state index contributed by atoms with van der Waals surface area (Å²) in [5.74, 6) is -3.03. The molecule has 298 valence electrons. The highest BCUT2D eigenvalue weighted by Crippen LogP contribution is 2.59. The Bertz CT molecular complexity index is 1650. The first-order valence-electron chi connectivity index (χ1n) is 20.1. The van der Waals surface area contributed by atoms with Crippen LogP contribution in [0.4, 0.5) is 11.4 Å². The second-order valence-electron chi connectivity index (χ2n) is 15.0. The van der Waals surface area contributed by atoms with Crippen molar-refractivity contribution in [2.75, 3.05) is 49.6 Å². The molecule has 11 nitrogen and oxygen atoms in total. The predicted molar refractivity (Wildman–Crippen MR) is 214 cm³/mol. The Morgan fingerprint density at radius 1 is 1.00 bits per heavy atom. The number of unbranched alkanes of at least 4 members (excludes halogenated alkanes) is 3. The van der Waals surface area contributed by atoms with Gasteiger partial charge in [-0.05, 0) is 82.7 Å². The molecule has 1 spiro atoms. The largest absolute Gasteiger partial charge is 0.455 e. The third-order valence-corrected chi connectivity index (χ3v) is 11.9. The number of fused-ring (bicyclic) bond motifs is 1. The lowest BCUT2D eigenvalue weighted by atomic mass is 9.70. The molecule has 3 saturated heterocycles. The van der Waals surface area contributed by atoms with Gasteiger partial charge in [-0.3, -0.25) is 19.2 Å². The number of aliphatic hydroxyl groups excluding tert-OH is 1. The summed E-state index contributed by atoms with van der Waals surface area (Å²) < 4.78 is 13.2. The number of carbonyl (C=O) groups excluding carboxylic acids is 4. The van der Waals surface area contributed by atoms with E-state index in [0.29, 0.717) is 44.3 Å². The second kappa shape index (κ2) is 18.9. The number of nitrogens with zero attached hydrogens (tertiary/aromatic N) is 4. The van der Waals surface area contributed by atoms with Crippen LogP contribution in [0, 0.1) is 11.8 Å². The SMILES string of the molecule is C=CCCC(=O)N(C)[C@@H](C)[C@@H](OC(=O)[C@@H]1[C@H]2C(=O)N(CCCCCCO)[C@H](C(=O)N(CC=C)c3ccc(N(CC)CC)cc3)[C@]23CC[C@H]1O3)c1ccccc1. The molecular weight excluding hydrogens is 697 g/mol. The molecule has 2 bridgehead atoms. The highest BCUT2D eigenvalue weighted by Gasteiger charge is 2.75. The van der Waals surface area contributed by atoms with Gasteiger partial charge in [0, 0.05) is 57.6 Å². The number of likely N-dealkylation sites (tertiary alicyclic amines) is 1. The molecule has 11 heteroatoms. The minimum atomic E-state index is -1.21. The van der Waals surface area contributed by atoms with Crippen LogP contribution < -0.4 is 9.80 Å². The Balaban J connectivity index is 1.48. The number of ether oxygens (including phenoxy) is 2. The number of esters is 1. The van der Waals surface area contributed by atoms with Gasteiger partial charge in [0.15, 0.2) is 0 Å². The van der Waals surface area contributed by atoms with Crippen LogP contribution in [-0.2, 0) is 28.7 Å². The van der Waals surface area contributed by atoms with Crippen LogP contribution in [-0.4, -0.2) is 102 Å². The number of benzene rings is 2. The van der Waals surface area contributed by atoms with Gasteiger partial charge in [-0.15, -0.1) is 13.2 Å². The first kappa shape index (κ1) is 41.7. The fourth-order valence-corrected chi connectivity index (χ4v) is 8.84. The molecule has 0 radical (unpaired) electrons. The second-order valence-corrected chi connectivity index (χ2v) is 15.0. The highest BCUT2D eigenvalue weighted by molar-refractivity contribution is 6.04. The normalized spacial score (nSPS) is 23.5. The molecule has 3 fully saturated rings. The van der Waals surface area contributed by atoms with Crippen molar-refractivity contribution >= 4 is 35.1 Å². The molecule has 3 aliphatic rings. The monoisotopic (exact) mass is 756 g/mol. The van der Waals surface area contributed by atoms with Gasteiger partial charge in [0.05, 0.1) is 24.0 Å². The molecule has 0 unspecified atom stereocenters. The molecule has 3 amide bonds. The van der Waals surface area contributed by atoms with E-state index in [0.717, 1.165) is 37.2 Å². The summed E-state index contributed by atoms with van der Waals surface area (Å²) in [5.41, 5.74) is 1.26. The van der Waals surface area contributed by atoms with E-state index in [-0.39, 0.29) is 37.3 Å². The minimum absolute atomic E-state index is 0.0961. The predicted octanol–water partition coefficient (Wildman–Crippen LogP) is 6.08. The third-order valence-electron chi connectivity index (χ3n) is 11.9. The number of carbonyl (C=O) groups is 4. The van der Waals surface area contributed by atoms with Crippen LogP contribution in [0.1, 0.15) is 83.8 Å². The number of aliphatic hydroxyl groups is 1. The molecular formula is C44H60N4O7. The average molecular weight is 757 g/mol. The van der Waals surface area contributed by atoms with E-state index in [9.17, 15) is 19.5 Å². The maximum Gasteiger partial charge on any atom is 0.313 e. The number of rotatable bonds is 21. The molecule has 1 N–H and O–H groups in total. The van der Waals surface area contributed by atoms with Gasteiger partial charge in [0.2, 0.25) is 11.8 Å². The maximum atomic E-state index is 15.0. The van der Waals surface area contributed by atoms with Crippen LogP contribution >= 0.6 is 0 Å². The van der Waals surface area contributed by atoms with E-state index < -0.39 is 47.7 Å². The molecule has 2 aromatic rings. The standard InChI is InChI=1S/C44H60N4O7/c1-7-11-21-36(50)45(6)31(5)39(32-19-15-14-16-20-32)54-43(53)37-35-26-27-44(55-35)38(37)41(51)48(29-17-12-13-18-30-49)40(44)42(52)47(28-8-2)34-24-22-33(23-25-34)46(9-3)10-4/h7-8,14-16,19-20,22-25,31,35,37-40,49H,1-2,9-13,17-18,21,26-30H2,3-6H3/t31-,35+,37-,38-,39+,40+,44-/m0/s1. The van der Waals surface area contributed by atoms with Crippen molar-refractivity contribution in [3.05, 3.63) is 85.5 Å². The number of hydrogen-bond acceptors (Lipinski definition) is 8. The van der Waals surface area contributed by atoms with E-state index in [2.05, 4.69) is 31.9 Å². The number of likely N-dealkylation sites (N-methyl/N-ethyl adjacent to an activating group) is 1. The zero-order valence-corrected chi connectivity index (χ0v) is 33.1. The average Bonchev–Trinajstić information content (AvgIpc) is 3.85. The van der Waals surface area contributed by atoms with Gasteiger partial charge in [0.1, 0.15) is 17.7 Å². The van der Waals surface area contributed by atoms with Crippen molar-refractivity contribution in [3.8, 4) is 0 Å². The highest BCUT2D eigenvalue weighted by atomic mass is 16.6. The third kappa shape index (κ3) is 8.53. The number of hydrogen-bond donors (Lipinski definition) is 1. The van der Waals surface area contributed by atoms with E-state index >= 15 is 4.79 Å². The molecule has 5 rings (SSSR count). The van der Waals surface area contributed by atoms with Crippen molar-refractivity contribution in [2.24, 2.45) is 11.8 Å². The van der Waals surface area contributed by atoms with Crippen molar-refractivity contribution in [1.29, 1.82) is 0 Å². The summed E-state index contributed by atoms with van der Waals surface area (Å²) >= 11 is 0. The fourth-order valence-electron chi connectivity index (χ4n) is 8.84. The van der Waals surface area contributed by atoms with Crippen LogP contribution in [0.25, 0.3) is 0 Å². The molecule has 55 heavy (non-hydrogen) atoms. The summed E-state index contributed by atoms with van der Waals surface area (Å²) in [6, 6.07) is 15.7. The lowest BCUT2D eigenvalue weighted by Gasteiger charge is -2.37. The van der Waals surface area contributed by atoms with Crippen molar-refractivity contribution in [1.82, 2.24) is 9.80 Å². The maximum absolute atomic E-state index is 15.0. The Labute approximate surface area is 326 Å². The molecule has 0 aliphatic carbocycles. The first-order valence-corrected chi connectivity index (χ1v) is 20.1. The van der Waals surface area contributed by atoms with Gasteiger partial charge in [-0.1, -0.05) is 55.3 Å². The smallest absolute Gasteiger partial charge is 0.313 e. The van der Waals surface area contributed by atoms with E-state index in [4.69, 9.17) is 9.47 Å². The van der Waals surface area contributed by atoms with Gasteiger partial charge < -0.3 is 34.2 Å². The van der Waals surface area contributed by atoms with Crippen LogP contribution in [0.3, 0.4) is 0 Å². The fraction of sp³-hybridized carbons (Fsp3) is 0.545. The molecule has 7 atom stereocenters. The van der Waals surface area contributed by atoms with Crippen molar-refractivity contribution in [2.45, 2.75) is 102 Å². The summed E-state index contributed by atoms with van der Waals surface area (Å²) in [6.07, 6.45) is 6.62. The topological polar surface area (TPSA) is 120 Å². The molecule has 2 aromatic carbocycles. The summed E-state index contributed by atoms with van der Waals surface area (Å²) in [6.45, 7) is 16.1. The molecule has 3 heterocycles. The van der Waals surface area contributed by atoms with Gasteiger partial charge >= 0.3 is 5.97 Å². The molecule has 0 saturated carbocycles.